The van der Waals surface area contributed by atoms with Gasteiger partial charge in [0.1, 0.15) is 12.1 Å². The summed E-state index contributed by atoms with van der Waals surface area (Å²) < 4.78 is 5.87. The van der Waals surface area contributed by atoms with Crippen molar-refractivity contribution in [2.45, 2.75) is 187 Å². The number of nitrogens with one attached hydrogen (secondary N) is 2. The van der Waals surface area contributed by atoms with E-state index in [-0.39, 0.29) is 30.9 Å². The highest BCUT2D eigenvalue weighted by Gasteiger charge is 2.18. The molecule has 0 fully saturated rings. The van der Waals surface area contributed by atoms with Gasteiger partial charge >= 0.3 is 11.9 Å². The Bertz CT molecular complexity index is 874. The zero-order chi connectivity index (χ0) is 35.5. The molecule has 0 aromatic heterocycles. The van der Waals surface area contributed by atoms with Crippen molar-refractivity contribution in [3.05, 3.63) is 24.3 Å². The second-order valence-corrected chi connectivity index (χ2v) is 13.0. The van der Waals surface area contributed by atoms with Crippen LogP contribution in [-0.2, 0) is 23.9 Å². The van der Waals surface area contributed by atoms with Crippen LogP contribution in [0.3, 0.4) is 0 Å². The molecule has 0 aliphatic rings. The molecule has 0 aliphatic carbocycles. The molecule has 2 atom stereocenters. The zero-order valence-electron chi connectivity index (χ0n) is 30.5. The maximum Gasteiger partial charge on any atom is 0.328 e. The predicted molar refractivity (Wildman–Crippen MR) is 195 cm³/mol. The van der Waals surface area contributed by atoms with Crippen molar-refractivity contribution in [3.63, 3.8) is 0 Å². The van der Waals surface area contributed by atoms with Gasteiger partial charge in [-0.1, -0.05) is 135 Å². The SMILES string of the molecule is CCCCCC/C=C\C/C=C\C(CCCCCCC(=O)NCC(=O)NC(CO)C(=O)O)OC(=O)CCCCCCCCCCCCCC. The summed E-state index contributed by atoms with van der Waals surface area (Å²) in [5.41, 5.74) is 0. The minimum Gasteiger partial charge on any atom is -0.480 e. The molecule has 9 nitrogen and oxygen atoms in total. The number of ether oxygens (including phenoxy) is 1. The number of amides is 2. The lowest BCUT2D eigenvalue weighted by molar-refractivity contribution is -0.147. The number of aliphatic hydroxyl groups excluding tert-OH is 1. The number of aliphatic hydroxyl groups is 1. The maximum atomic E-state index is 12.6. The Hall–Kier alpha value is -2.68. The molecule has 0 aliphatic heterocycles. The van der Waals surface area contributed by atoms with Crippen molar-refractivity contribution < 1.29 is 34.1 Å². The van der Waals surface area contributed by atoms with Crippen LogP contribution in [0.25, 0.3) is 0 Å². The first kappa shape index (κ1) is 45.3. The lowest BCUT2D eigenvalue weighted by Gasteiger charge is -2.15. The molecule has 0 heterocycles. The van der Waals surface area contributed by atoms with Crippen LogP contribution in [0, 0.1) is 0 Å². The fraction of sp³-hybridized carbons (Fsp3) is 0.795. The lowest BCUT2D eigenvalue weighted by Crippen LogP contribution is -2.47. The van der Waals surface area contributed by atoms with E-state index in [1.54, 1.807) is 0 Å². The van der Waals surface area contributed by atoms with Crippen molar-refractivity contribution in [1.29, 1.82) is 0 Å². The third kappa shape index (κ3) is 30.6. The number of hydrogen-bond donors (Lipinski definition) is 4. The van der Waals surface area contributed by atoms with E-state index in [0.29, 0.717) is 12.8 Å². The number of carboxylic acid groups (broad SMARTS) is 1. The number of carbonyl (C=O) groups is 4. The summed E-state index contributed by atoms with van der Waals surface area (Å²) in [6, 6.07) is -1.39. The van der Waals surface area contributed by atoms with Crippen LogP contribution in [0.1, 0.15) is 174 Å². The summed E-state index contributed by atoms with van der Waals surface area (Å²) in [6.45, 7) is 3.41. The highest BCUT2D eigenvalue weighted by atomic mass is 16.5. The summed E-state index contributed by atoms with van der Waals surface area (Å²) in [4.78, 5) is 47.4. The summed E-state index contributed by atoms with van der Waals surface area (Å²) in [6.07, 6.45) is 35.0. The fourth-order valence-corrected chi connectivity index (χ4v) is 5.43. The number of unbranched alkanes of at least 4 members (excludes halogenated alkanes) is 18. The first-order chi connectivity index (χ1) is 23.3. The number of hydrogen-bond acceptors (Lipinski definition) is 6. The third-order valence-corrected chi connectivity index (χ3v) is 8.44. The smallest absolute Gasteiger partial charge is 0.328 e. The quantitative estimate of drug-likeness (QED) is 0.0304. The summed E-state index contributed by atoms with van der Waals surface area (Å²) in [5, 5.41) is 22.5. The van der Waals surface area contributed by atoms with E-state index in [1.807, 2.05) is 6.08 Å². The molecule has 9 heteroatoms. The molecule has 0 aromatic carbocycles. The minimum absolute atomic E-state index is 0.127. The molecule has 48 heavy (non-hydrogen) atoms. The molecule has 2 amide bonds. The summed E-state index contributed by atoms with van der Waals surface area (Å²) in [7, 11) is 0. The average molecular weight is 679 g/mol. The maximum absolute atomic E-state index is 12.6. The van der Waals surface area contributed by atoms with Gasteiger partial charge in [0.2, 0.25) is 11.8 Å². The third-order valence-electron chi connectivity index (χ3n) is 8.44. The first-order valence-electron chi connectivity index (χ1n) is 19.2. The van der Waals surface area contributed by atoms with Crippen molar-refractivity contribution in [2.75, 3.05) is 13.2 Å². The van der Waals surface area contributed by atoms with Crippen molar-refractivity contribution >= 4 is 23.8 Å². The molecular formula is C39H70N2O7. The van der Waals surface area contributed by atoms with Gasteiger partial charge in [-0.15, -0.1) is 0 Å². The minimum atomic E-state index is -1.39. The second-order valence-electron chi connectivity index (χ2n) is 13.0. The van der Waals surface area contributed by atoms with Gasteiger partial charge in [0.05, 0.1) is 13.2 Å². The van der Waals surface area contributed by atoms with E-state index in [0.717, 1.165) is 51.4 Å². The van der Waals surface area contributed by atoms with Gasteiger partial charge < -0.3 is 25.6 Å². The Morgan fingerprint density at radius 2 is 1.19 bits per heavy atom. The lowest BCUT2D eigenvalue weighted by atomic mass is 10.0. The zero-order valence-corrected chi connectivity index (χ0v) is 30.5. The van der Waals surface area contributed by atoms with Crippen LogP contribution >= 0.6 is 0 Å². The number of carboxylic acids is 1. The van der Waals surface area contributed by atoms with Crippen LogP contribution in [-0.4, -0.2) is 59.3 Å². The predicted octanol–water partition coefficient (Wildman–Crippen LogP) is 8.48. The van der Waals surface area contributed by atoms with Crippen molar-refractivity contribution in [2.24, 2.45) is 0 Å². The van der Waals surface area contributed by atoms with Crippen LogP contribution in [0.2, 0.25) is 0 Å². The van der Waals surface area contributed by atoms with Gasteiger partial charge in [0.15, 0.2) is 0 Å². The molecule has 2 unspecified atom stereocenters. The largest absolute Gasteiger partial charge is 0.480 e. The first-order valence-corrected chi connectivity index (χ1v) is 19.2. The van der Waals surface area contributed by atoms with Crippen LogP contribution < -0.4 is 10.6 Å². The molecular weight excluding hydrogens is 608 g/mol. The summed E-state index contributed by atoms with van der Waals surface area (Å²) in [5.74, 6) is -2.42. The van der Waals surface area contributed by atoms with E-state index >= 15 is 0 Å². The molecule has 4 N–H and O–H groups in total. The van der Waals surface area contributed by atoms with E-state index in [9.17, 15) is 19.2 Å². The highest BCUT2D eigenvalue weighted by Crippen LogP contribution is 2.15. The highest BCUT2D eigenvalue weighted by molar-refractivity contribution is 5.87. The van der Waals surface area contributed by atoms with Crippen molar-refractivity contribution in [3.8, 4) is 0 Å². The molecule has 0 aromatic rings. The molecule has 0 saturated heterocycles. The molecule has 0 saturated carbocycles. The number of carbonyl (C=O) groups excluding carboxylic acids is 3. The van der Waals surface area contributed by atoms with Gasteiger partial charge in [-0.2, -0.15) is 0 Å². The number of esters is 1. The Balaban J connectivity index is 4.37. The van der Waals surface area contributed by atoms with Gasteiger partial charge in [0, 0.05) is 12.8 Å². The van der Waals surface area contributed by atoms with Crippen LogP contribution in [0.5, 0.6) is 0 Å². The van der Waals surface area contributed by atoms with Gasteiger partial charge in [-0.25, -0.2) is 4.79 Å². The molecule has 0 bridgehead atoms. The Morgan fingerprint density at radius 3 is 1.77 bits per heavy atom. The standard InChI is InChI=1S/C39H70N2O7/c1-3-5-7-9-11-13-14-15-17-19-21-27-31-38(45)48-34(28-24-20-18-16-12-10-8-6-4-2)29-25-22-23-26-30-36(43)40-32-37(44)41-35(33-42)39(46)47/h16,18,24,28,34-35,42H,3-15,17,19-23,25-27,29-33H2,1-2H3,(H,40,43)(H,41,44)(H,46,47)/b18-16-,28-24-. The molecule has 0 radical (unpaired) electrons. The second kappa shape index (κ2) is 34.2. The molecule has 0 rings (SSSR count). The Morgan fingerprint density at radius 1 is 0.646 bits per heavy atom. The average Bonchev–Trinajstić information content (AvgIpc) is 3.07. The Kier molecular flexibility index (Phi) is 32.3. The van der Waals surface area contributed by atoms with E-state index in [2.05, 4.69) is 42.7 Å². The topological polar surface area (TPSA) is 142 Å². The monoisotopic (exact) mass is 679 g/mol. The number of aliphatic carboxylic acids is 1. The van der Waals surface area contributed by atoms with Crippen LogP contribution in [0.15, 0.2) is 24.3 Å². The number of allylic oxidation sites excluding steroid dienone is 3. The number of rotatable bonds is 34. The molecule has 278 valence electrons. The normalized spacial score (nSPS) is 12.7. The Labute approximate surface area is 292 Å². The van der Waals surface area contributed by atoms with E-state index in [4.69, 9.17) is 14.9 Å². The van der Waals surface area contributed by atoms with E-state index in [1.165, 1.54) is 89.9 Å². The van der Waals surface area contributed by atoms with Gasteiger partial charge in [-0.05, 0) is 51.0 Å². The molecule has 0 spiro atoms. The van der Waals surface area contributed by atoms with Crippen molar-refractivity contribution in [1.82, 2.24) is 10.6 Å². The van der Waals surface area contributed by atoms with Crippen LogP contribution in [0.4, 0.5) is 0 Å². The van der Waals surface area contributed by atoms with Gasteiger partial charge in [0.25, 0.3) is 0 Å². The van der Waals surface area contributed by atoms with E-state index < -0.39 is 24.5 Å². The fourth-order valence-electron chi connectivity index (χ4n) is 5.43. The summed E-state index contributed by atoms with van der Waals surface area (Å²) >= 11 is 0. The van der Waals surface area contributed by atoms with Gasteiger partial charge in [-0.3, -0.25) is 14.4 Å².